The van der Waals surface area contributed by atoms with E-state index in [2.05, 4.69) is 9.88 Å². The van der Waals surface area contributed by atoms with Crippen molar-refractivity contribution in [3.05, 3.63) is 52.4 Å². The van der Waals surface area contributed by atoms with Gasteiger partial charge in [0.15, 0.2) is 11.5 Å². The van der Waals surface area contributed by atoms with Gasteiger partial charge in [-0.05, 0) is 37.5 Å². The quantitative estimate of drug-likeness (QED) is 0.748. The number of alkyl halides is 3. The van der Waals surface area contributed by atoms with Crippen LogP contribution in [0.5, 0.6) is 0 Å². The molecule has 0 aliphatic heterocycles. The van der Waals surface area contributed by atoms with E-state index in [9.17, 15) is 26.4 Å². The second kappa shape index (κ2) is 6.75. The van der Waals surface area contributed by atoms with Crippen LogP contribution in [0.2, 0.25) is 0 Å². The first-order chi connectivity index (χ1) is 12.5. The van der Waals surface area contributed by atoms with Gasteiger partial charge in [0.05, 0.1) is 23.6 Å². The third kappa shape index (κ3) is 4.38. The van der Waals surface area contributed by atoms with Crippen molar-refractivity contribution in [1.29, 1.82) is 0 Å². The molecule has 0 bridgehead atoms. The summed E-state index contributed by atoms with van der Waals surface area (Å²) in [6.07, 6.45) is -0.795. The van der Waals surface area contributed by atoms with E-state index in [0.29, 0.717) is 5.76 Å². The maximum atomic E-state index is 13.1. The largest absolute Gasteiger partial charge is 0.416 e. The highest BCUT2D eigenvalue weighted by Crippen LogP contribution is 2.42. The monoisotopic (exact) mass is 402 g/mol. The summed E-state index contributed by atoms with van der Waals surface area (Å²) in [5.41, 5.74) is -0.881. The van der Waals surface area contributed by atoms with Crippen molar-refractivity contribution in [2.75, 3.05) is 6.26 Å². The Morgan fingerprint density at radius 3 is 2.52 bits per heavy atom. The molecule has 6 nitrogen and oxygen atoms in total. The van der Waals surface area contributed by atoms with Crippen molar-refractivity contribution in [2.24, 2.45) is 0 Å². The van der Waals surface area contributed by atoms with Crippen LogP contribution in [-0.4, -0.2) is 25.6 Å². The Morgan fingerprint density at radius 2 is 1.96 bits per heavy atom. The van der Waals surface area contributed by atoms with Gasteiger partial charge in [0.25, 0.3) is 0 Å². The topological polar surface area (TPSA) is 89.3 Å². The Labute approximate surface area is 153 Å². The molecule has 1 aromatic carbocycles. The summed E-state index contributed by atoms with van der Waals surface area (Å²) in [5, 5.41) is 3.63. The molecule has 0 saturated heterocycles. The molecule has 10 heteroatoms. The highest BCUT2D eigenvalue weighted by atomic mass is 32.2. The first-order valence-electron chi connectivity index (χ1n) is 8.15. The van der Waals surface area contributed by atoms with E-state index >= 15 is 0 Å². The molecule has 0 amide bonds. The number of hydrogen-bond acceptors (Lipinski definition) is 5. The molecule has 146 valence electrons. The van der Waals surface area contributed by atoms with Crippen LogP contribution in [0.4, 0.5) is 13.2 Å². The van der Waals surface area contributed by atoms with E-state index in [1.165, 1.54) is 13.1 Å². The fourth-order valence-electron chi connectivity index (χ4n) is 2.89. The van der Waals surface area contributed by atoms with E-state index in [1.807, 2.05) is 0 Å². The van der Waals surface area contributed by atoms with Crippen LogP contribution in [-0.2, 0) is 16.2 Å². The maximum absolute atomic E-state index is 13.1. The Hall–Kier alpha value is -2.20. The Balaban J connectivity index is 2.07. The molecule has 1 heterocycles. The highest BCUT2D eigenvalue weighted by Gasteiger charge is 2.35. The van der Waals surface area contributed by atoms with Gasteiger partial charge in [0.1, 0.15) is 0 Å². The SMILES string of the molecule is CC(NS(C)(=O)=O)c1cc(C(F)(F)F)ccc1C(=O)c1cnoc1C1CC1. The van der Waals surface area contributed by atoms with E-state index in [-0.39, 0.29) is 22.6 Å². The van der Waals surface area contributed by atoms with Crippen LogP contribution in [0.1, 0.15) is 64.5 Å². The van der Waals surface area contributed by atoms with Gasteiger partial charge in [-0.1, -0.05) is 11.2 Å². The minimum Gasteiger partial charge on any atom is -0.360 e. The summed E-state index contributed by atoms with van der Waals surface area (Å²) < 4.78 is 69.7. The summed E-state index contributed by atoms with van der Waals surface area (Å²) in [4.78, 5) is 13.0. The molecule has 1 aliphatic rings. The van der Waals surface area contributed by atoms with Crippen LogP contribution >= 0.6 is 0 Å². The number of nitrogens with one attached hydrogen (secondary N) is 1. The van der Waals surface area contributed by atoms with Crippen molar-refractivity contribution < 1.29 is 30.9 Å². The third-order valence-electron chi connectivity index (χ3n) is 4.27. The zero-order valence-electron chi connectivity index (χ0n) is 14.5. The number of rotatable bonds is 6. The lowest BCUT2D eigenvalue weighted by Crippen LogP contribution is -2.27. The molecule has 1 unspecified atom stereocenters. The van der Waals surface area contributed by atoms with Gasteiger partial charge in [-0.2, -0.15) is 13.2 Å². The van der Waals surface area contributed by atoms with Crippen molar-refractivity contribution in [3.63, 3.8) is 0 Å². The summed E-state index contributed by atoms with van der Waals surface area (Å²) in [6, 6.07) is 1.62. The van der Waals surface area contributed by atoms with E-state index < -0.39 is 33.6 Å². The standard InChI is InChI=1S/C17H17F3N2O4S/c1-9(22-27(2,24)25)13-7-11(17(18,19)20)5-6-12(13)15(23)14-8-21-26-16(14)10-3-4-10/h5-10,22H,3-4H2,1-2H3. The second-order valence-corrected chi connectivity index (χ2v) is 8.40. The molecule has 1 aliphatic carbocycles. The Bertz CT molecular complexity index is 978. The molecule has 1 N–H and O–H groups in total. The summed E-state index contributed by atoms with van der Waals surface area (Å²) in [7, 11) is -3.70. The number of benzene rings is 1. The Morgan fingerprint density at radius 1 is 1.30 bits per heavy atom. The van der Waals surface area contributed by atoms with Crippen LogP contribution in [0.3, 0.4) is 0 Å². The summed E-state index contributed by atoms with van der Waals surface area (Å²) in [6.45, 7) is 1.38. The molecule has 1 atom stereocenters. The average Bonchev–Trinajstić information content (AvgIpc) is 3.28. The highest BCUT2D eigenvalue weighted by molar-refractivity contribution is 7.88. The van der Waals surface area contributed by atoms with Crippen LogP contribution in [0.15, 0.2) is 28.9 Å². The fourth-order valence-corrected chi connectivity index (χ4v) is 3.66. The average molecular weight is 402 g/mol. The smallest absolute Gasteiger partial charge is 0.360 e. The minimum atomic E-state index is -4.63. The molecule has 27 heavy (non-hydrogen) atoms. The number of carbonyl (C=O) groups excluding carboxylic acids is 1. The van der Waals surface area contributed by atoms with E-state index in [4.69, 9.17) is 4.52 Å². The number of nitrogens with zero attached hydrogens (tertiary/aromatic N) is 1. The van der Waals surface area contributed by atoms with Gasteiger partial charge >= 0.3 is 6.18 Å². The summed E-state index contributed by atoms with van der Waals surface area (Å²) in [5.74, 6) is -0.0606. The van der Waals surface area contributed by atoms with Crippen molar-refractivity contribution in [2.45, 2.75) is 37.9 Å². The molecule has 0 radical (unpaired) electrons. The lowest BCUT2D eigenvalue weighted by molar-refractivity contribution is -0.137. The first kappa shape index (κ1) is 19.6. The van der Waals surface area contributed by atoms with E-state index in [1.54, 1.807) is 0 Å². The number of ketones is 1. The van der Waals surface area contributed by atoms with Gasteiger partial charge in [0.2, 0.25) is 10.0 Å². The van der Waals surface area contributed by atoms with Gasteiger partial charge in [0, 0.05) is 17.5 Å². The normalized spacial score (nSPS) is 16.3. The predicted octanol–water partition coefficient (Wildman–Crippen LogP) is 3.41. The van der Waals surface area contributed by atoms with Crippen LogP contribution in [0.25, 0.3) is 0 Å². The zero-order chi connectivity index (χ0) is 20.0. The molecule has 1 saturated carbocycles. The molecule has 1 aromatic heterocycles. The lowest BCUT2D eigenvalue weighted by atomic mass is 9.93. The maximum Gasteiger partial charge on any atom is 0.416 e. The molecule has 0 spiro atoms. The fraction of sp³-hybridized carbons (Fsp3) is 0.412. The first-order valence-corrected chi connectivity index (χ1v) is 10.0. The lowest BCUT2D eigenvalue weighted by Gasteiger charge is -2.18. The number of halogens is 3. The molecule has 1 fully saturated rings. The predicted molar refractivity (Wildman–Crippen MR) is 89.7 cm³/mol. The molecule has 3 rings (SSSR count). The number of sulfonamides is 1. The molecular formula is C17H17F3N2O4S. The van der Waals surface area contributed by atoms with Gasteiger partial charge in [-0.25, -0.2) is 13.1 Å². The van der Waals surface area contributed by atoms with Crippen LogP contribution in [0, 0.1) is 0 Å². The van der Waals surface area contributed by atoms with Gasteiger partial charge in [-0.15, -0.1) is 0 Å². The minimum absolute atomic E-state index is 0.0308. The van der Waals surface area contributed by atoms with Crippen LogP contribution < -0.4 is 4.72 Å². The van der Waals surface area contributed by atoms with Crippen molar-refractivity contribution in [1.82, 2.24) is 9.88 Å². The second-order valence-electron chi connectivity index (χ2n) is 6.62. The molecule has 2 aromatic rings. The number of hydrogen-bond donors (Lipinski definition) is 1. The number of aromatic nitrogens is 1. The van der Waals surface area contributed by atoms with E-state index in [0.717, 1.165) is 37.3 Å². The Kier molecular flexibility index (Phi) is 4.89. The van der Waals surface area contributed by atoms with Crippen molar-refractivity contribution in [3.8, 4) is 0 Å². The van der Waals surface area contributed by atoms with Crippen molar-refractivity contribution >= 4 is 15.8 Å². The third-order valence-corrected chi connectivity index (χ3v) is 5.05. The van der Waals surface area contributed by atoms with Gasteiger partial charge < -0.3 is 4.52 Å². The van der Waals surface area contributed by atoms with Gasteiger partial charge in [-0.3, -0.25) is 4.79 Å². The molecular weight excluding hydrogens is 385 g/mol. The summed E-state index contributed by atoms with van der Waals surface area (Å²) >= 11 is 0. The number of carbonyl (C=O) groups is 1. The zero-order valence-corrected chi connectivity index (χ0v) is 15.3.